The fraction of sp³-hybridized carbons (Fsp3) is 0.389. The maximum atomic E-state index is 13.1. The van der Waals surface area contributed by atoms with Crippen molar-refractivity contribution < 1.29 is 13.5 Å². The summed E-state index contributed by atoms with van der Waals surface area (Å²) in [7, 11) is -3.59. The van der Waals surface area contributed by atoms with Crippen LogP contribution < -0.4 is 5.73 Å². The Labute approximate surface area is 161 Å². The van der Waals surface area contributed by atoms with E-state index in [1.807, 2.05) is 6.92 Å². The van der Waals surface area contributed by atoms with Gasteiger partial charge in [0.2, 0.25) is 10.0 Å². The fourth-order valence-corrected chi connectivity index (χ4v) is 5.97. The van der Waals surface area contributed by atoms with Gasteiger partial charge in [-0.3, -0.25) is 0 Å². The molecule has 3 heterocycles. The van der Waals surface area contributed by atoms with Crippen LogP contribution in [0.25, 0.3) is 16.9 Å². The van der Waals surface area contributed by atoms with E-state index in [0.29, 0.717) is 37.3 Å². The number of nitrogens with two attached hydrogens (primary N) is 1. The van der Waals surface area contributed by atoms with Crippen LogP contribution in [-0.4, -0.2) is 56.6 Å². The number of sulfonamides is 1. The van der Waals surface area contributed by atoms with Crippen LogP contribution in [0.15, 0.2) is 35.6 Å². The minimum Gasteiger partial charge on any atom is -0.393 e. The number of fused-ring (bicyclic) bond motifs is 1. The maximum Gasteiger partial charge on any atom is 0.243 e. The van der Waals surface area contributed by atoms with E-state index in [1.165, 1.54) is 10.6 Å². The molecule has 1 aliphatic carbocycles. The Morgan fingerprint density at radius 3 is 2.71 bits per heavy atom. The Morgan fingerprint density at radius 1 is 1.25 bits per heavy atom. The van der Waals surface area contributed by atoms with Gasteiger partial charge in [-0.1, -0.05) is 6.07 Å². The van der Waals surface area contributed by atoms with E-state index in [9.17, 15) is 13.5 Å². The first-order chi connectivity index (χ1) is 13.3. The largest absolute Gasteiger partial charge is 0.393 e. The van der Waals surface area contributed by atoms with Gasteiger partial charge in [-0.2, -0.15) is 9.40 Å². The van der Waals surface area contributed by atoms with Crippen LogP contribution in [-0.2, 0) is 10.0 Å². The van der Waals surface area contributed by atoms with Gasteiger partial charge in [0, 0.05) is 24.1 Å². The number of anilines is 1. The zero-order chi connectivity index (χ0) is 19.7. The van der Waals surface area contributed by atoms with Crippen molar-refractivity contribution >= 4 is 21.5 Å². The van der Waals surface area contributed by atoms with Crippen LogP contribution in [0.3, 0.4) is 0 Å². The van der Waals surface area contributed by atoms with Gasteiger partial charge in [-0.05, 0) is 37.5 Å². The lowest BCUT2D eigenvalue weighted by Gasteiger charge is -2.56. The molecule has 1 saturated carbocycles. The zero-order valence-corrected chi connectivity index (χ0v) is 16.1. The molecule has 0 atom stereocenters. The average Bonchev–Trinajstić information content (AvgIpc) is 3.02. The number of imidazole rings is 1. The molecular formula is C18H20N6O3S. The lowest BCUT2D eigenvalue weighted by molar-refractivity contribution is -0.0982. The molecule has 3 aromatic rings. The second-order valence-corrected chi connectivity index (χ2v) is 9.77. The molecule has 2 aliphatic rings. The lowest BCUT2D eigenvalue weighted by atomic mass is 9.63. The molecular weight excluding hydrogens is 380 g/mol. The Bertz CT molecular complexity index is 1190. The number of aliphatic hydroxyl groups excluding tert-OH is 1. The molecule has 2 fully saturated rings. The van der Waals surface area contributed by atoms with E-state index in [4.69, 9.17) is 5.73 Å². The highest BCUT2D eigenvalue weighted by Gasteiger charge is 2.55. The Morgan fingerprint density at radius 2 is 2.00 bits per heavy atom. The molecule has 5 rings (SSSR count). The van der Waals surface area contributed by atoms with Gasteiger partial charge in [-0.25, -0.2) is 22.9 Å². The third kappa shape index (κ3) is 2.45. The van der Waals surface area contributed by atoms with Crippen LogP contribution in [0, 0.1) is 12.3 Å². The summed E-state index contributed by atoms with van der Waals surface area (Å²) < 4.78 is 29.2. The number of nitrogens with zero attached hydrogens (tertiary/aromatic N) is 5. The molecule has 0 amide bonds. The van der Waals surface area contributed by atoms with Crippen LogP contribution in [0.2, 0.25) is 0 Å². The SMILES string of the molecule is Cc1ccc(S(=O)(=O)N2CC3(CC(O)C3)C2)cc1-c1cnc2c(N)ncnn12. The van der Waals surface area contributed by atoms with E-state index in [0.717, 1.165) is 11.1 Å². The summed E-state index contributed by atoms with van der Waals surface area (Å²) >= 11 is 0. The predicted molar refractivity (Wildman–Crippen MR) is 102 cm³/mol. The van der Waals surface area contributed by atoms with E-state index in [1.54, 1.807) is 28.9 Å². The summed E-state index contributed by atoms with van der Waals surface area (Å²) in [5.41, 5.74) is 8.53. The average molecular weight is 400 g/mol. The predicted octanol–water partition coefficient (Wildman–Crippen LogP) is 0.827. The lowest BCUT2D eigenvalue weighted by Crippen LogP contribution is -2.64. The fourth-order valence-electron chi connectivity index (χ4n) is 4.27. The van der Waals surface area contributed by atoms with Crippen molar-refractivity contribution in [1.82, 2.24) is 23.9 Å². The van der Waals surface area contributed by atoms with Gasteiger partial charge < -0.3 is 10.8 Å². The normalized spacial score (nSPS) is 19.6. The third-order valence-corrected chi connectivity index (χ3v) is 7.60. The van der Waals surface area contributed by atoms with Gasteiger partial charge in [-0.15, -0.1) is 0 Å². The quantitative estimate of drug-likeness (QED) is 0.666. The number of rotatable bonds is 3. The second-order valence-electron chi connectivity index (χ2n) is 7.84. The highest BCUT2D eigenvalue weighted by molar-refractivity contribution is 7.89. The first-order valence-electron chi connectivity index (χ1n) is 9.03. The van der Waals surface area contributed by atoms with Crippen LogP contribution >= 0.6 is 0 Å². The smallest absolute Gasteiger partial charge is 0.243 e. The summed E-state index contributed by atoms with van der Waals surface area (Å²) in [5.74, 6) is 0.260. The molecule has 0 radical (unpaired) electrons. The van der Waals surface area contributed by atoms with Gasteiger partial charge in [0.1, 0.15) is 6.33 Å². The van der Waals surface area contributed by atoms with Crippen molar-refractivity contribution in [1.29, 1.82) is 0 Å². The molecule has 146 valence electrons. The van der Waals surface area contributed by atoms with E-state index >= 15 is 0 Å². The number of aliphatic hydroxyl groups is 1. The summed E-state index contributed by atoms with van der Waals surface area (Å²) in [4.78, 5) is 8.43. The van der Waals surface area contributed by atoms with Gasteiger partial charge in [0.05, 0.1) is 22.9 Å². The highest BCUT2D eigenvalue weighted by Crippen LogP contribution is 2.50. The van der Waals surface area contributed by atoms with Crippen molar-refractivity contribution in [3.8, 4) is 11.3 Å². The Hall–Kier alpha value is -2.56. The van der Waals surface area contributed by atoms with E-state index in [2.05, 4.69) is 15.1 Å². The van der Waals surface area contributed by atoms with Crippen LogP contribution in [0.4, 0.5) is 5.82 Å². The molecule has 1 aromatic carbocycles. The van der Waals surface area contributed by atoms with Crippen molar-refractivity contribution in [3.05, 3.63) is 36.3 Å². The first kappa shape index (κ1) is 17.5. The van der Waals surface area contributed by atoms with Crippen LogP contribution in [0.1, 0.15) is 18.4 Å². The van der Waals surface area contributed by atoms with Crippen molar-refractivity contribution in [2.45, 2.75) is 30.8 Å². The van der Waals surface area contributed by atoms with Gasteiger partial charge in [0.25, 0.3) is 0 Å². The number of nitrogen functional groups attached to an aromatic ring is 1. The van der Waals surface area contributed by atoms with E-state index < -0.39 is 10.0 Å². The minimum absolute atomic E-state index is 0.0316. The summed E-state index contributed by atoms with van der Waals surface area (Å²) in [5, 5.41) is 13.7. The van der Waals surface area contributed by atoms with Crippen molar-refractivity contribution in [3.63, 3.8) is 0 Å². The van der Waals surface area contributed by atoms with Crippen molar-refractivity contribution in [2.75, 3.05) is 18.8 Å². The topological polar surface area (TPSA) is 127 Å². The number of hydrogen-bond acceptors (Lipinski definition) is 7. The van der Waals surface area contributed by atoms with E-state index in [-0.39, 0.29) is 22.2 Å². The third-order valence-electron chi connectivity index (χ3n) is 5.81. The first-order valence-corrected chi connectivity index (χ1v) is 10.5. The second kappa shape index (κ2) is 5.72. The van der Waals surface area contributed by atoms with Gasteiger partial charge in [0.15, 0.2) is 11.5 Å². The number of benzene rings is 1. The molecule has 28 heavy (non-hydrogen) atoms. The minimum atomic E-state index is -3.59. The molecule has 0 unspecified atom stereocenters. The Kier molecular flexibility index (Phi) is 3.58. The summed E-state index contributed by atoms with van der Waals surface area (Å²) in [6, 6.07) is 5.07. The molecule has 1 spiro atoms. The standard InChI is InChI=1S/C18H20N6O3S/c1-11-2-3-13(28(26,27)23-8-18(9-23)5-12(25)6-18)4-14(11)15-7-20-17-16(19)21-10-22-24(15)17/h2-4,7,10,12,25H,5-6,8-9H2,1H3,(H2,19,21,22). The molecule has 2 aromatic heterocycles. The molecule has 9 nitrogen and oxygen atoms in total. The zero-order valence-electron chi connectivity index (χ0n) is 15.3. The monoisotopic (exact) mass is 400 g/mol. The highest BCUT2D eigenvalue weighted by atomic mass is 32.2. The molecule has 1 saturated heterocycles. The number of aromatic nitrogens is 4. The number of aryl methyl sites for hydroxylation is 1. The summed E-state index contributed by atoms with van der Waals surface area (Å²) in [6.07, 6.45) is 4.03. The maximum absolute atomic E-state index is 13.1. The molecule has 0 bridgehead atoms. The van der Waals surface area contributed by atoms with Gasteiger partial charge >= 0.3 is 0 Å². The molecule has 3 N–H and O–H groups in total. The Balaban J connectivity index is 1.52. The number of hydrogen-bond donors (Lipinski definition) is 2. The molecule has 1 aliphatic heterocycles. The molecule has 10 heteroatoms. The summed E-state index contributed by atoms with van der Waals surface area (Å²) in [6.45, 7) is 2.84. The van der Waals surface area contributed by atoms with Crippen LogP contribution in [0.5, 0.6) is 0 Å². The van der Waals surface area contributed by atoms with Crippen molar-refractivity contribution in [2.24, 2.45) is 5.41 Å².